The number of hydrogen-bond acceptors (Lipinski definition) is 2. The van der Waals surface area contributed by atoms with E-state index >= 15 is 0 Å². The smallest absolute Gasteiger partial charge is 0.223 e. The first kappa shape index (κ1) is 19.3. The number of carbonyl (C=O) groups excluding carboxylic acids is 1. The second-order valence-electron chi connectivity index (χ2n) is 7.74. The number of halogens is 1. The van der Waals surface area contributed by atoms with Gasteiger partial charge in [0.1, 0.15) is 0 Å². The third-order valence-corrected chi connectivity index (χ3v) is 6.63. The zero-order chi connectivity index (χ0) is 19.7. The molecule has 1 aliphatic heterocycles. The molecule has 2 nitrogen and oxygen atoms in total. The minimum atomic E-state index is -0.184. The lowest BCUT2D eigenvalue weighted by Crippen LogP contribution is -2.45. The summed E-state index contributed by atoms with van der Waals surface area (Å²) < 4.78 is 13.8. The Morgan fingerprint density at radius 2 is 1.89 bits per heavy atom. The zero-order valence-electron chi connectivity index (χ0n) is 16.5. The highest BCUT2D eigenvalue weighted by molar-refractivity contribution is 7.94. The molecule has 146 valence electrons. The topological polar surface area (TPSA) is 20.3 Å². The Hall–Kier alpha value is -2.07. The van der Waals surface area contributed by atoms with Crippen LogP contribution in [-0.4, -0.2) is 16.8 Å². The first-order chi connectivity index (χ1) is 13.7. The van der Waals surface area contributed by atoms with E-state index in [1.807, 2.05) is 36.1 Å². The summed E-state index contributed by atoms with van der Waals surface area (Å²) in [6.07, 6.45) is 4.37. The van der Waals surface area contributed by atoms with Gasteiger partial charge < -0.3 is 4.90 Å². The number of nitrogens with zero attached hydrogens (tertiary/aromatic N) is 1. The fourth-order valence-corrected chi connectivity index (χ4v) is 5.27. The van der Waals surface area contributed by atoms with Crippen molar-refractivity contribution in [3.05, 3.63) is 70.8 Å². The molecule has 0 spiro atoms. The predicted molar refractivity (Wildman–Crippen MR) is 114 cm³/mol. The van der Waals surface area contributed by atoms with Crippen LogP contribution in [0.3, 0.4) is 0 Å². The van der Waals surface area contributed by atoms with E-state index in [0.717, 1.165) is 31.2 Å². The molecule has 0 saturated heterocycles. The van der Waals surface area contributed by atoms with Gasteiger partial charge in [-0.05, 0) is 66.5 Å². The molecule has 0 N–H and O–H groups in total. The van der Waals surface area contributed by atoms with E-state index in [1.54, 1.807) is 0 Å². The van der Waals surface area contributed by atoms with E-state index in [1.165, 1.54) is 22.3 Å². The maximum atomic E-state index is 13.8. The average Bonchev–Trinajstić information content (AvgIpc) is 2.91. The van der Waals surface area contributed by atoms with Crippen molar-refractivity contribution < 1.29 is 8.68 Å². The lowest BCUT2D eigenvalue weighted by Gasteiger charge is -2.44. The molecular formula is C24H26FNOS. The lowest BCUT2D eigenvalue weighted by atomic mass is 9.81. The monoisotopic (exact) mass is 395 g/mol. The van der Waals surface area contributed by atoms with Crippen molar-refractivity contribution in [1.29, 1.82) is 0 Å². The Balaban J connectivity index is 1.95. The molecule has 0 fully saturated rings. The summed E-state index contributed by atoms with van der Waals surface area (Å²) in [5, 5.41) is 0. The summed E-state index contributed by atoms with van der Waals surface area (Å²) in [6, 6.07) is 16.2. The van der Waals surface area contributed by atoms with Gasteiger partial charge in [0.05, 0.1) is 18.2 Å². The minimum absolute atomic E-state index is 0.0834. The van der Waals surface area contributed by atoms with Gasteiger partial charge in [-0.15, -0.1) is 0 Å². The summed E-state index contributed by atoms with van der Waals surface area (Å²) in [5.74, 6) is 0.139. The number of hydrogen-bond donors (Lipinski definition) is 0. The minimum Gasteiger partial charge on any atom is -0.329 e. The number of rotatable bonds is 3. The van der Waals surface area contributed by atoms with E-state index < -0.39 is 0 Å². The van der Waals surface area contributed by atoms with E-state index in [9.17, 15) is 8.68 Å². The van der Waals surface area contributed by atoms with E-state index in [2.05, 4.69) is 31.2 Å². The number of carbonyl (C=O) groups is 1. The first-order valence-corrected chi connectivity index (χ1v) is 10.9. The number of fused-ring (bicyclic) bond motifs is 2. The van der Waals surface area contributed by atoms with Crippen molar-refractivity contribution in [2.24, 2.45) is 0 Å². The molecule has 2 aliphatic rings. The molecule has 0 bridgehead atoms. The SMILES string of the molecule is CCC(=O)N1C(C)CC2=C(CCCc3ccccc32)[C@@H]1c1ccccc1SF. The second kappa shape index (κ2) is 8.12. The Morgan fingerprint density at radius 1 is 1.14 bits per heavy atom. The Labute approximate surface area is 171 Å². The van der Waals surface area contributed by atoms with Gasteiger partial charge >= 0.3 is 0 Å². The molecule has 2 atom stereocenters. The van der Waals surface area contributed by atoms with Gasteiger partial charge in [0.15, 0.2) is 0 Å². The van der Waals surface area contributed by atoms with E-state index in [4.69, 9.17) is 0 Å². The summed E-state index contributed by atoms with van der Waals surface area (Å²) in [7, 11) is 0. The summed E-state index contributed by atoms with van der Waals surface area (Å²) in [5.41, 5.74) is 6.29. The van der Waals surface area contributed by atoms with Gasteiger partial charge in [-0.25, -0.2) is 0 Å². The van der Waals surface area contributed by atoms with Crippen molar-refractivity contribution in [3.8, 4) is 0 Å². The van der Waals surface area contributed by atoms with Crippen LogP contribution in [0.1, 0.15) is 62.3 Å². The molecule has 2 aromatic rings. The van der Waals surface area contributed by atoms with Crippen molar-refractivity contribution in [2.45, 2.75) is 62.9 Å². The molecule has 0 aromatic heterocycles. The van der Waals surface area contributed by atoms with Crippen molar-refractivity contribution in [1.82, 2.24) is 4.90 Å². The van der Waals surface area contributed by atoms with Crippen LogP contribution in [0.15, 0.2) is 59.0 Å². The molecule has 0 saturated carbocycles. The maximum Gasteiger partial charge on any atom is 0.223 e. The molecule has 2 aromatic carbocycles. The van der Waals surface area contributed by atoms with Crippen LogP contribution < -0.4 is 0 Å². The van der Waals surface area contributed by atoms with Gasteiger partial charge in [0, 0.05) is 17.4 Å². The van der Waals surface area contributed by atoms with Crippen molar-refractivity contribution in [2.75, 3.05) is 0 Å². The second-order valence-corrected chi connectivity index (χ2v) is 8.33. The number of aryl methyl sites for hydroxylation is 1. The van der Waals surface area contributed by atoms with Gasteiger partial charge in [-0.3, -0.25) is 4.79 Å². The van der Waals surface area contributed by atoms with Gasteiger partial charge in [0.25, 0.3) is 0 Å². The Kier molecular flexibility index (Phi) is 5.58. The van der Waals surface area contributed by atoms with Crippen LogP contribution in [0.5, 0.6) is 0 Å². The van der Waals surface area contributed by atoms with Crippen LogP contribution in [0.25, 0.3) is 5.57 Å². The van der Waals surface area contributed by atoms with Gasteiger partial charge in [-0.2, -0.15) is 3.89 Å². The quantitative estimate of drug-likeness (QED) is 0.589. The molecule has 0 radical (unpaired) electrons. The molecule has 4 heteroatoms. The summed E-state index contributed by atoms with van der Waals surface area (Å²) in [6.45, 7) is 4.04. The van der Waals surface area contributed by atoms with Gasteiger partial charge in [-0.1, -0.05) is 49.4 Å². The normalized spacial score (nSPS) is 21.8. The molecule has 4 rings (SSSR count). The van der Waals surface area contributed by atoms with Gasteiger partial charge in [0.2, 0.25) is 5.91 Å². The molecule has 1 heterocycles. The Bertz CT molecular complexity index is 922. The third-order valence-electron chi connectivity index (χ3n) is 6.09. The molecule has 1 unspecified atom stereocenters. The highest BCUT2D eigenvalue weighted by atomic mass is 32.2. The third kappa shape index (κ3) is 3.28. The molecular weight excluding hydrogens is 369 g/mol. The zero-order valence-corrected chi connectivity index (χ0v) is 17.3. The average molecular weight is 396 g/mol. The summed E-state index contributed by atoms with van der Waals surface area (Å²) >= 11 is 0.281. The number of amides is 1. The fourth-order valence-electron chi connectivity index (χ4n) is 4.87. The van der Waals surface area contributed by atoms with Crippen LogP contribution in [0, 0.1) is 0 Å². The van der Waals surface area contributed by atoms with Crippen molar-refractivity contribution >= 4 is 23.6 Å². The van der Waals surface area contributed by atoms with Crippen LogP contribution >= 0.6 is 12.1 Å². The van der Waals surface area contributed by atoms with E-state index in [0.29, 0.717) is 11.3 Å². The first-order valence-electron chi connectivity index (χ1n) is 10.1. The molecule has 1 aliphatic carbocycles. The number of benzene rings is 2. The highest BCUT2D eigenvalue weighted by Gasteiger charge is 2.39. The maximum absolute atomic E-state index is 13.8. The van der Waals surface area contributed by atoms with E-state index in [-0.39, 0.29) is 30.1 Å². The molecule has 1 amide bonds. The van der Waals surface area contributed by atoms with Crippen LogP contribution in [-0.2, 0) is 11.2 Å². The highest BCUT2D eigenvalue weighted by Crippen LogP contribution is 2.48. The Morgan fingerprint density at radius 3 is 2.68 bits per heavy atom. The van der Waals surface area contributed by atoms with Crippen molar-refractivity contribution in [3.63, 3.8) is 0 Å². The van der Waals surface area contributed by atoms with Crippen LogP contribution in [0.2, 0.25) is 0 Å². The molecule has 28 heavy (non-hydrogen) atoms. The standard InChI is InChI=1S/C24H26FNOS/c1-3-23(27)26-16(2)15-21-18-11-5-4-9-17(18)10-8-13-19(21)24(26)20-12-6-7-14-22(20)28-25/h4-7,9,11-12,14,16,24H,3,8,10,13,15H2,1-2H3/t16?,24-/m1/s1. The summed E-state index contributed by atoms with van der Waals surface area (Å²) in [4.78, 5) is 15.6. The fraction of sp³-hybridized carbons (Fsp3) is 0.375. The predicted octanol–water partition coefficient (Wildman–Crippen LogP) is 6.53. The van der Waals surface area contributed by atoms with Crippen LogP contribution in [0.4, 0.5) is 3.89 Å². The largest absolute Gasteiger partial charge is 0.329 e. The lowest BCUT2D eigenvalue weighted by molar-refractivity contribution is -0.135.